The van der Waals surface area contributed by atoms with Gasteiger partial charge in [-0.05, 0) is 38.2 Å². The Kier molecular flexibility index (Phi) is 4.72. The second-order valence-corrected chi connectivity index (χ2v) is 8.87. The molecule has 0 saturated heterocycles. The summed E-state index contributed by atoms with van der Waals surface area (Å²) in [4.78, 5) is 21.3. The van der Waals surface area contributed by atoms with Crippen molar-refractivity contribution >= 4 is 23.4 Å². The molecule has 0 unspecified atom stereocenters. The monoisotopic (exact) mass is 408 g/mol. The third-order valence-electron chi connectivity index (χ3n) is 6.78. The number of nitrogens with one attached hydrogen (secondary N) is 3. The van der Waals surface area contributed by atoms with Crippen LogP contribution in [0.15, 0.2) is 18.5 Å². The molecule has 0 atom stereocenters. The number of aryl methyl sites for hydroxylation is 1. The summed E-state index contributed by atoms with van der Waals surface area (Å²) in [7, 11) is 0. The third-order valence-corrected chi connectivity index (χ3v) is 6.78. The molecule has 5 rings (SSSR count). The van der Waals surface area contributed by atoms with Gasteiger partial charge in [-0.25, -0.2) is 15.0 Å². The van der Waals surface area contributed by atoms with Crippen LogP contribution in [0.3, 0.4) is 0 Å². The smallest absolute Gasteiger partial charge is 0.284 e. The lowest BCUT2D eigenvalue weighted by atomic mass is 9.79. The van der Waals surface area contributed by atoms with Crippen LogP contribution < -0.4 is 20.7 Å². The molecule has 30 heavy (non-hydrogen) atoms. The van der Waals surface area contributed by atoms with Crippen molar-refractivity contribution in [1.82, 2.24) is 15.3 Å². The number of nitrogens with zero attached hydrogens (tertiary/aromatic N) is 3. The number of rotatable bonds is 4. The molecule has 3 N–H and O–H groups in total. The van der Waals surface area contributed by atoms with Crippen LogP contribution in [0.5, 0.6) is 0 Å². The predicted octanol–water partition coefficient (Wildman–Crippen LogP) is 3.42. The Labute approximate surface area is 176 Å². The van der Waals surface area contributed by atoms with Gasteiger partial charge in [0.05, 0.1) is 5.56 Å². The molecule has 1 amide bonds. The highest BCUT2D eigenvalue weighted by molar-refractivity contribution is 6.00. The van der Waals surface area contributed by atoms with Gasteiger partial charge >= 0.3 is 0 Å². The van der Waals surface area contributed by atoms with Crippen LogP contribution in [0.1, 0.15) is 79.4 Å². The average Bonchev–Trinajstić information content (AvgIpc) is 3.33. The summed E-state index contributed by atoms with van der Waals surface area (Å²) in [6.45, 7) is 1.89. The van der Waals surface area contributed by atoms with E-state index >= 15 is 0 Å². The molecule has 2 fully saturated rings. The zero-order valence-corrected chi connectivity index (χ0v) is 17.3. The lowest BCUT2D eigenvalue weighted by Gasteiger charge is -2.34. The van der Waals surface area contributed by atoms with Crippen LogP contribution >= 0.6 is 0 Å². The summed E-state index contributed by atoms with van der Waals surface area (Å²) >= 11 is 0. The van der Waals surface area contributed by atoms with Crippen LogP contribution in [0.2, 0.25) is 0 Å². The van der Waals surface area contributed by atoms with Crippen LogP contribution in [0.25, 0.3) is 0 Å². The largest absolute Gasteiger partial charge is 0.710 e. The molecule has 8 heteroatoms. The number of hydrogen-bond donors (Lipinski definition) is 3. The molecule has 1 spiro atoms. The summed E-state index contributed by atoms with van der Waals surface area (Å²) in [6, 6.07) is 4.02. The Balaban J connectivity index is 1.47. The van der Waals surface area contributed by atoms with Gasteiger partial charge in [0.25, 0.3) is 11.7 Å². The van der Waals surface area contributed by atoms with Gasteiger partial charge < -0.3 is 15.8 Å². The average molecular weight is 409 g/mol. The van der Waals surface area contributed by atoms with Gasteiger partial charge in [0.2, 0.25) is 5.82 Å². The van der Waals surface area contributed by atoms with E-state index in [4.69, 9.17) is 0 Å². The summed E-state index contributed by atoms with van der Waals surface area (Å²) in [6.07, 6.45) is 11.1. The highest BCUT2D eigenvalue weighted by atomic mass is 16.5. The lowest BCUT2D eigenvalue weighted by Crippen LogP contribution is -2.49. The van der Waals surface area contributed by atoms with E-state index in [0.29, 0.717) is 28.9 Å². The Morgan fingerprint density at radius 3 is 2.60 bits per heavy atom. The Bertz CT molecular complexity index is 980. The van der Waals surface area contributed by atoms with Crippen molar-refractivity contribution < 1.29 is 9.52 Å². The lowest BCUT2D eigenvalue weighted by molar-refractivity contribution is -0.603. The molecule has 3 aliphatic rings. The van der Waals surface area contributed by atoms with Crippen LogP contribution in [-0.2, 0) is 5.54 Å². The van der Waals surface area contributed by atoms with Crippen molar-refractivity contribution in [3.05, 3.63) is 40.5 Å². The Morgan fingerprint density at radius 1 is 1.10 bits per heavy atom. The molecule has 2 aromatic rings. The van der Waals surface area contributed by atoms with E-state index in [1.807, 2.05) is 13.0 Å². The molecule has 8 nitrogen and oxygen atoms in total. The fourth-order valence-electron chi connectivity index (χ4n) is 5.32. The van der Waals surface area contributed by atoms with E-state index < -0.39 is 5.54 Å². The molecule has 0 radical (unpaired) electrons. The quantitative estimate of drug-likeness (QED) is 0.529. The summed E-state index contributed by atoms with van der Waals surface area (Å²) < 4.78 is 0.901. The topological polar surface area (TPSA) is 106 Å². The molecule has 2 saturated carbocycles. The van der Waals surface area contributed by atoms with Gasteiger partial charge in [0, 0.05) is 18.2 Å². The van der Waals surface area contributed by atoms with Crippen molar-refractivity contribution in [2.45, 2.75) is 76.3 Å². The van der Waals surface area contributed by atoms with Gasteiger partial charge in [-0.3, -0.25) is 4.79 Å². The minimum absolute atomic E-state index is 0.134. The Morgan fingerprint density at radius 2 is 1.83 bits per heavy atom. The number of pyridine rings is 1. The summed E-state index contributed by atoms with van der Waals surface area (Å²) in [5, 5.41) is 23.2. The number of fused-ring (bicyclic) bond motifs is 2. The van der Waals surface area contributed by atoms with Crippen molar-refractivity contribution in [3.63, 3.8) is 0 Å². The van der Waals surface area contributed by atoms with Gasteiger partial charge in [-0.15, -0.1) is 0 Å². The van der Waals surface area contributed by atoms with Gasteiger partial charge in [-0.2, -0.15) is 4.98 Å². The van der Waals surface area contributed by atoms with Gasteiger partial charge in [0.15, 0.2) is 0 Å². The maximum absolute atomic E-state index is 13.4. The van der Waals surface area contributed by atoms with Crippen LogP contribution in [-0.4, -0.2) is 21.9 Å². The molecular formula is C22H28N6O2. The zero-order chi connectivity index (χ0) is 20.7. The van der Waals surface area contributed by atoms with E-state index in [0.717, 1.165) is 61.1 Å². The van der Waals surface area contributed by atoms with E-state index in [1.165, 1.54) is 19.2 Å². The minimum atomic E-state index is -0.546. The maximum atomic E-state index is 13.4. The number of carbonyl (C=O) groups is 1. The first-order valence-corrected chi connectivity index (χ1v) is 11.0. The molecule has 3 heterocycles. The number of aromatic nitrogens is 3. The van der Waals surface area contributed by atoms with E-state index in [1.54, 1.807) is 6.07 Å². The predicted molar refractivity (Wildman–Crippen MR) is 114 cm³/mol. The standard InChI is InChI=1S/C22H28N6O2/c1-14-11-18(26-17-12-16(23-13-24-17)25-15-7-3-4-8-15)28(30)20-19(14)21(29)27-22(20)9-5-2-6-10-22/h11-13,15H,2-10H2,1H3,(H,27,29)(H2,23,24,25,26). The number of amides is 1. The highest BCUT2D eigenvalue weighted by Gasteiger charge is 2.48. The summed E-state index contributed by atoms with van der Waals surface area (Å²) in [5.74, 6) is 1.57. The van der Waals surface area contributed by atoms with Gasteiger partial charge in [-0.1, -0.05) is 32.1 Å². The molecule has 1 aliphatic heterocycles. The first-order chi connectivity index (χ1) is 14.6. The fourth-order valence-corrected chi connectivity index (χ4v) is 5.32. The normalized spacial score (nSPS) is 20.2. The van der Waals surface area contributed by atoms with Crippen LogP contribution in [0, 0.1) is 12.1 Å². The molecule has 0 bridgehead atoms. The highest BCUT2D eigenvalue weighted by Crippen LogP contribution is 2.42. The minimum Gasteiger partial charge on any atom is -0.710 e. The first-order valence-electron chi connectivity index (χ1n) is 11.0. The zero-order valence-electron chi connectivity index (χ0n) is 17.3. The fraction of sp³-hybridized carbons (Fsp3) is 0.545. The second kappa shape index (κ2) is 7.41. The molecular weight excluding hydrogens is 380 g/mol. The molecule has 158 valence electrons. The SMILES string of the molecule is Cc1cc(Nc2cc(NC3CCCC3)ncn2)[n+]([O-])c2c1C(=O)NC21CCCCC1. The first kappa shape index (κ1) is 19.1. The second-order valence-electron chi connectivity index (χ2n) is 8.87. The van der Waals surface area contributed by atoms with Crippen molar-refractivity contribution in [2.75, 3.05) is 10.6 Å². The van der Waals surface area contributed by atoms with E-state index in [9.17, 15) is 10.0 Å². The maximum Gasteiger partial charge on any atom is 0.284 e. The number of anilines is 3. The number of hydrogen-bond acceptors (Lipinski definition) is 6. The molecule has 0 aromatic carbocycles. The van der Waals surface area contributed by atoms with Crippen molar-refractivity contribution in [3.8, 4) is 0 Å². The molecule has 2 aromatic heterocycles. The van der Waals surface area contributed by atoms with Crippen molar-refractivity contribution in [1.29, 1.82) is 0 Å². The molecule has 2 aliphatic carbocycles. The number of carbonyl (C=O) groups excluding carboxylic acids is 1. The summed E-state index contributed by atoms with van der Waals surface area (Å²) in [5.41, 5.74) is 1.35. The van der Waals surface area contributed by atoms with Crippen LogP contribution in [0.4, 0.5) is 17.5 Å². The van der Waals surface area contributed by atoms with Gasteiger partial charge in [0.1, 0.15) is 23.4 Å². The van der Waals surface area contributed by atoms with E-state index in [-0.39, 0.29) is 5.91 Å². The van der Waals surface area contributed by atoms with Crippen molar-refractivity contribution in [2.24, 2.45) is 0 Å². The third kappa shape index (κ3) is 3.24. The van der Waals surface area contributed by atoms with E-state index in [2.05, 4.69) is 25.9 Å². The Hall–Kier alpha value is -2.90.